The third-order valence-corrected chi connectivity index (χ3v) is 3.09. The molecular weight excluding hydrogens is 291 g/mol. The van der Waals surface area contributed by atoms with Crippen molar-refractivity contribution in [1.82, 2.24) is 0 Å². The Hall–Kier alpha value is -1.46. The van der Waals surface area contributed by atoms with Gasteiger partial charge in [-0.25, -0.2) is 0 Å². The van der Waals surface area contributed by atoms with Gasteiger partial charge in [-0.15, -0.1) is 11.6 Å². The van der Waals surface area contributed by atoms with Crippen LogP contribution in [0.2, 0.25) is 5.02 Å². The van der Waals surface area contributed by atoms with E-state index >= 15 is 0 Å². The first-order valence-electron chi connectivity index (χ1n) is 5.72. The van der Waals surface area contributed by atoms with Gasteiger partial charge in [0.25, 0.3) is 5.91 Å². The topological polar surface area (TPSA) is 67.4 Å². The van der Waals surface area contributed by atoms with E-state index in [1.54, 1.807) is 12.1 Å². The van der Waals surface area contributed by atoms with Gasteiger partial charge in [0.15, 0.2) is 6.61 Å². The lowest BCUT2D eigenvalue weighted by molar-refractivity contribution is -0.118. The van der Waals surface area contributed by atoms with Crippen LogP contribution in [0, 0.1) is 0 Å². The van der Waals surface area contributed by atoms with Gasteiger partial charge in [-0.1, -0.05) is 11.6 Å². The molecule has 1 aliphatic heterocycles. The van der Waals surface area contributed by atoms with Crippen LogP contribution in [-0.2, 0) is 9.59 Å². The maximum Gasteiger partial charge on any atom is 0.262 e. The van der Waals surface area contributed by atoms with Crippen molar-refractivity contribution in [2.24, 2.45) is 0 Å². The van der Waals surface area contributed by atoms with Crippen LogP contribution in [-0.4, -0.2) is 24.3 Å². The molecule has 0 aromatic heterocycles. The van der Waals surface area contributed by atoms with Crippen LogP contribution in [0.1, 0.15) is 12.8 Å². The van der Waals surface area contributed by atoms with Crippen molar-refractivity contribution in [3.8, 4) is 5.75 Å². The van der Waals surface area contributed by atoms with Gasteiger partial charge in [0.1, 0.15) is 5.75 Å². The summed E-state index contributed by atoms with van der Waals surface area (Å²) < 4.78 is 5.25. The summed E-state index contributed by atoms with van der Waals surface area (Å²) in [5.41, 5.74) is 0.955. The molecule has 7 heteroatoms. The first kappa shape index (κ1) is 14.0. The molecule has 1 aliphatic rings. The average molecular weight is 303 g/mol. The first-order valence-corrected chi connectivity index (χ1v) is 6.63. The van der Waals surface area contributed by atoms with Crippen molar-refractivity contribution < 1.29 is 14.3 Å². The lowest BCUT2D eigenvalue weighted by Crippen LogP contribution is -2.25. The molecule has 0 saturated carbocycles. The summed E-state index contributed by atoms with van der Waals surface area (Å²) in [5.74, 6) is 0.516. The second-order valence-corrected chi connectivity index (χ2v) is 4.79. The maximum absolute atomic E-state index is 11.6. The van der Waals surface area contributed by atoms with Crippen molar-refractivity contribution in [2.75, 3.05) is 23.1 Å². The van der Waals surface area contributed by atoms with Gasteiger partial charge in [-0.3, -0.25) is 9.59 Å². The van der Waals surface area contributed by atoms with Crippen LogP contribution < -0.4 is 15.4 Å². The fourth-order valence-electron chi connectivity index (χ4n) is 1.64. The Bertz CT molecular complexity index is 520. The highest BCUT2D eigenvalue weighted by molar-refractivity contribution is 6.34. The molecule has 2 amide bonds. The fraction of sp³-hybridized carbons (Fsp3) is 0.333. The molecule has 0 spiro atoms. The Morgan fingerprint density at radius 1 is 1.47 bits per heavy atom. The highest BCUT2D eigenvalue weighted by Crippen LogP contribution is 2.36. The highest BCUT2D eigenvalue weighted by atomic mass is 35.5. The fourth-order valence-corrected chi connectivity index (χ4v) is 1.98. The quantitative estimate of drug-likeness (QED) is 0.840. The lowest BCUT2D eigenvalue weighted by atomic mass is 10.2. The van der Waals surface area contributed by atoms with Gasteiger partial charge in [-0.2, -0.15) is 0 Å². The largest absolute Gasteiger partial charge is 0.482 e. The molecule has 1 aromatic carbocycles. The first-order chi connectivity index (χ1) is 9.10. The van der Waals surface area contributed by atoms with Crippen LogP contribution >= 0.6 is 23.2 Å². The Morgan fingerprint density at radius 3 is 3.00 bits per heavy atom. The molecule has 102 valence electrons. The summed E-state index contributed by atoms with van der Waals surface area (Å²) in [6.07, 6.45) is 0.928. The van der Waals surface area contributed by atoms with E-state index < -0.39 is 0 Å². The van der Waals surface area contributed by atoms with Crippen LogP contribution in [0.4, 0.5) is 11.4 Å². The van der Waals surface area contributed by atoms with E-state index in [1.165, 1.54) is 0 Å². The summed E-state index contributed by atoms with van der Waals surface area (Å²) in [7, 11) is 0. The third kappa shape index (κ3) is 3.52. The molecule has 2 N–H and O–H groups in total. The number of anilines is 2. The Labute approximate surface area is 120 Å². The van der Waals surface area contributed by atoms with Crippen molar-refractivity contribution in [1.29, 1.82) is 0 Å². The number of halogens is 2. The maximum atomic E-state index is 11.6. The molecule has 1 heterocycles. The lowest BCUT2D eigenvalue weighted by Gasteiger charge is -2.19. The van der Waals surface area contributed by atoms with Gasteiger partial charge in [0.05, 0.1) is 16.4 Å². The molecule has 0 bridgehead atoms. The summed E-state index contributed by atoms with van der Waals surface area (Å²) in [4.78, 5) is 22.8. The minimum Gasteiger partial charge on any atom is -0.482 e. The van der Waals surface area contributed by atoms with Crippen molar-refractivity contribution in [3.05, 3.63) is 17.2 Å². The predicted octanol–water partition coefficient (Wildman–Crippen LogP) is 2.63. The number of benzene rings is 1. The summed E-state index contributed by atoms with van der Waals surface area (Å²) in [6.45, 7) is -0.0474. The minimum atomic E-state index is -0.234. The zero-order chi connectivity index (χ0) is 13.8. The van der Waals surface area contributed by atoms with Crippen molar-refractivity contribution in [3.63, 3.8) is 0 Å². The molecule has 0 fully saturated rings. The van der Waals surface area contributed by atoms with E-state index in [9.17, 15) is 9.59 Å². The smallest absolute Gasteiger partial charge is 0.262 e. The predicted molar refractivity (Wildman–Crippen MR) is 74.2 cm³/mol. The summed E-state index contributed by atoms with van der Waals surface area (Å²) >= 11 is 11.6. The molecule has 0 aliphatic carbocycles. The van der Waals surface area contributed by atoms with Gasteiger partial charge in [0.2, 0.25) is 5.91 Å². The van der Waals surface area contributed by atoms with Crippen LogP contribution in [0.15, 0.2) is 12.1 Å². The van der Waals surface area contributed by atoms with E-state index in [0.29, 0.717) is 40.9 Å². The number of carbonyl (C=O) groups is 2. The average Bonchev–Trinajstić information content (AvgIpc) is 2.37. The van der Waals surface area contributed by atoms with E-state index in [2.05, 4.69) is 10.6 Å². The van der Waals surface area contributed by atoms with Gasteiger partial charge < -0.3 is 15.4 Å². The third-order valence-electron chi connectivity index (χ3n) is 2.51. The number of fused-ring (bicyclic) bond motifs is 1. The van der Waals surface area contributed by atoms with Crippen LogP contribution in [0.25, 0.3) is 0 Å². The van der Waals surface area contributed by atoms with E-state index in [1.807, 2.05) is 0 Å². The molecule has 19 heavy (non-hydrogen) atoms. The van der Waals surface area contributed by atoms with Gasteiger partial charge >= 0.3 is 0 Å². The Balaban J connectivity index is 2.14. The highest BCUT2D eigenvalue weighted by Gasteiger charge is 2.18. The number of hydrogen-bond acceptors (Lipinski definition) is 3. The van der Waals surface area contributed by atoms with E-state index in [0.717, 1.165) is 0 Å². The second-order valence-electron chi connectivity index (χ2n) is 4.01. The van der Waals surface area contributed by atoms with Crippen molar-refractivity contribution in [2.45, 2.75) is 12.8 Å². The zero-order valence-electron chi connectivity index (χ0n) is 9.96. The molecule has 0 radical (unpaired) electrons. The van der Waals surface area contributed by atoms with E-state index in [-0.39, 0.29) is 18.4 Å². The number of carbonyl (C=O) groups excluding carboxylic acids is 2. The Kier molecular flexibility index (Phi) is 4.50. The molecular formula is C12H12Cl2N2O3. The molecule has 5 nitrogen and oxygen atoms in total. The standard InChI is InChI=1S/C12H12Cl2N2O3/c13-3-1-2-11(17)15-8-5-10-9(4-7(8)14)16-12(18)6-19-10/h4-5H,1-3,6H2,(H,15,17)(H,16,18). The van der Waals surface area contributed by atoms with Crippen LogP contribution in [0.3, 0.4) is 0 Å². The van der Waals surface area contributed by atoms with E-state index in [4.69, 9.17) is 27.9 Å². The van der Waals surface area contributed by atoms with Gasteiger partial charge in [-0.05, 0) is 12.5 Å². The normalized spacial score (nSPS) is 13.3. The second kappa shape index (κ2) is 6.12. The minimum absolute atomic E-state index is 0.0474. The monoisotopic (exact) mass is 302 g/mol. The molecule has 0 saturated heterocycles. The Morgan fingerprint density at radius 2 is 2.26 bits per heavy atom. The number of alkyl halides is 1. The SMILES string of the molecule is O=C(CCCCl)Nc1cc2c(cc1Cl)NC(=O)CO2. The number of hydrogen-bond donors (Lipinski definition) is 2. The van der Waals surface area contributed by atoms with Gasteiger partial charge in [0, 0.05) is 18.4 Å². The zero-order valence-corrected chi connectivity index (χ0v) is 11.5. The molecule has 1 aromatic rings. The number of ether oxygens (including phenoxy) is 1. The summed E-state index contributed by atoms with van der Waals surface area (Å²) in [6, 6.07) is 3.14. The number of amides is 2. The van der Waals surface area contributed by atoms with Crippen LogP contribution in [0.5, 0.6) is 5.75 Å². The molecule has 0 unspecified atom stereocenters. The number of nitrogens with one attached hydrogen (secondary N) is 2. The number of rotatable bonds is 4. The molecule has 0 atom stereocenters. The molecule has 2 rings (SSSR count). The van der Waals surface area contributed by atoms with Crippen molar-refractivity contribution >= 4 is 46.4 Å². The summed E-state index contributed by atoms with van der Waals surface area (Å²) in [5, 5.41) is 5.66.